The van der Waals surface area contributed by atoms with Gasteiger partial charge in [-0.1, -0.05) is 45.4 Å². The number of carbonyl (C=O) groups is 1. The first-order valence-electron chi connectivity index (χ1n) is 6.37. The highest BCUT2D eigenvalue weighted by Gasteiger charge is 2.13. The van der Waals surface area contributed by atoms with E-state index in [0.29, 0.717) is 24.0 Å². The van der Waals surface area contributed by atoms with Crippen molar-refractivity contribution in [2.24, 2.45) is 11.8 Å². The summed E-state index contributed by atoms with van der Waals surface area (Å²) in [6, 6.07) is 9.24. The minimum Gasteiger partial charge on any atom is -0.427 e. The molecule has 0 radical (unpaired) electrons. The van der Waals surface area contributed by atoms with E-state index in [1.807, 2.05) is 18.2 Å². The number of para-hydroxylation sites is 1. The van der Waals surface area contributed by atoms with Gasteiger partial charge in [-0.3, -0.25) is 4.79 Å². The lowest BCUT2D eigenvalue weighted by molar-refractivity contribution is -0.135. The van der Waals surface area contributed by atoms with Crippen LogP contribution in [0.15, 0.2) is 30.3 Å². The van der Waals surface area contributed by atoms with Gasteiger partial charge in [0.25, 0.3) is 0 Å². The van der Waals surface area contributed by atoms with Crippen LogP contribution in [0.5, 0.6) is 5.75 Å². The van der Waals surface area contributed by atoms with Gasteiger partial charge in [-0.15, -0.1) is 0 Å². The van der Waals surface area contributed by atoms with Crippen molar-refractivity contribution in [3.63, 3.8) is 0 Å². The number of esters is 1. The third kappa shape index (κ3) is 5.53. The smallest absolute Gasteiger partial charge is 0.311 e. The molecule has 0 saturated carbocycles. The van der Waals surface area contributed by atoms with Gasteiger partial charge in [0.1, 0.15) is 5.75 Å². The molecular formula is C15H22O2. The molecule has 17 heavy (non-hydrogen) atoms. The molecule has 94 valence electrons. The molecule has 0 saturated heterocycles. The zero-order valence-corrected chi connectivity index (χ0v) is 11.0. The fraction of sp³-hybridized carbons (Fsp3) is 0.533. The second-order valence-corrected chi connectivity index (χ2v) is 4.85. The SMILES string of the molecule is CCC(C)CC(C)CC(=O)Oc1ccccc1. The van der Waals surface area contributed by atoms with Gasteiger partial charge in [0.15, 0.2) is 0 Å². The van der Waals surface area contributed by atoms with Crippen molar-refractivity contribution in [2.75, 3.05) is 0 Å². The van der Waals surface area contributed by atoms with E-state index in [2.05, 4.69) is 20.8 Å². The van der Waals surface area contributed by atoms with Gasteiger partial charge in [0.05, 0.1) is 0 Å². The predicted molar refractivity (Wildman–Crippen MR) is 69.9 cm³/mol. The van der Waals surface area contributed by atoms with Crippen molar-refractivity contribution >= 4 is 5.97 Å². The molecule has 0 N–H and O–H groups in total. The molecule has 1 rings (SSSR count). The van der Waals surface area contributed by atoms with Gasteiger partial charge in [0.2, 0.25) is 0 Å². The van der Waals surface area contributed by atoms with Crippen LogP contribution in [-0.4, -0.2) is 5.97 Å². The van der Waals surface area contributed by atoms with E-state index in [4.69, 9.17) is 4.74 Å². The summed E-state index contributed by atoms with van der Waals surface area (Å²) in [5.41, 5.74) is 0. The van der Waals surface area contributed by atoms with E-state index in [0.717, 1.165) is 12.8 Å². The van der Waals surface area contributed by atoms with E-state index >= 15 is 0 Å². The number of ether oxygens (including phenoxy) is 1. The van der Waals surface area contributed by atoms with Crippen LogP contribution in [0.3, 0.4) is 0 Å². The maximum atomic E-state index is 11.7. The van der Waals surface area contributed by atoms with E-state index in [1.165, 1.54) is 0 Å². The maximum Gasteiger partial charge on any atom is 0.311 e. The first kappa shape index (κ1) is 13.8. The molecule has 0 aromatic heterocycles. The highest BCUT2D eigenvalue weighted by atomic mass is 16.5. The summed E-state index contributed by atoms with van der Waals surface area (Å²) in [4.78, 5) is 11.7. The van der Waals surface area contributed by atoms with Crippen LogP contribution in [-0.2, 0) is 4.79 Å². The zero-order chi connectivity index (χ0) is 12.7. The van der Waals surface area contributed by atoms with Crippen LogP contribution in [0.2, 0.25) is 0 Å². The largest absolute Gasteiger partial charge is 0.427 e. The monoisotopic (exact) mass is 234 g/mol. The lowest BCUT2D eigenvalue weighted by Crippen LogP contribution is -2.14. The molecule has 0 heterocycles. The Labute approximate surface area is 104 Å². The van der Waals surface area contributed by atoms with Gasteiger partial charge in [-0.05, 0) is 30.4 Å². The second-order valence-electron chi connectivity index (χ2n) is 4.85. The van der Waals surface area contributed by atoms with Gasteiger partial charge in [-0.25, -0.2) is 0 Å². The van der Waals surface area contributed by atoms with Crippen LogP contribution >= 0.6 is 0 Å². The van der Waals surface area contributed by atoms with Crippen molar-refractivity contribution < 1.29 is 9.53 Å². The van der Waals surface area contributed by atoms with Crippen LogP contribution in [0.4, 0.5) is 0 Å². The van der Waals surface area contributed by atoms with Crippen molar-refractivity contribution in [3.8, 4) is 5.75 Å². The van der Waals surface area contributed by atoms with Gasteiger partial charge >= 0.3 is 5.97 Å². The average Bonchev–Trinajstić information content (AvgIpc) is 2.29. The van der Waals surface area contributed by atoms with E-state index in [-0.39, 0.29) is 5.97 Å². The van der Waals surface area contributed by atoms with Crippen molar-refractivity contribution in [3.05, 3.63) is 30.3 Å². The normalized spacial score (nSPS) is 14.1. The first-order chi connectivity index (χ1) is 8.11. The number of carbonyl (C=O) groups excluding carboxylic acids is 1. The molecule has 0 amide bonds. The minimum atomic E-state index is -0.132. The summed E-state index contributed by atoms with van der Waals surface area (Å²) in [5, 5.41) is 0. The van der Waals surface area contributed by atoms with Gasteiger partial charge < -0.3 is 4.74 Å². The fourth-order valence-corrected chi connectivity index (χ4v) is 1.88. The average molecular weight is 234 g/mol. The third-order valence-electron chi connectivity index (χ3n) is 2.99. The van der Waals surface area contributed by atoms with Gasteiger partial charge in [-0.2, -0.15) is 0 Å². The molecule has 2 atom stereocenters. The fourth-order valence-electron chi connectivity index (χ4n) is 1.88. The van der Waals surface area contributed by atoms with E-state index in [9.17, 15) is 4.79 Å². The maximum absolute atomic E-state index is 11.7. The van der Waals surface area contributed by atoms with Crippen LogP contribution in [0, 0.1) is 11.8 Å². The van der Waals surface area contributed by atoms with Crippen molar-refractivity contribution in [1.29, 1.82) is 0 Å². The minimum absolute atomic E-state index is 0.132. The molecule has 2 nitrogen and oxygen atoms in total. The topological polar surface area (TPSA) is 26.3 Å². The summed E-state index contributed by atoms with van der Waals surface area (Å²) < 4.78 is 5.26. The molecule has 1 aromatic carbocycles. The number of benzene rings is 1. The lowest BCUT2D eigenvalue weighted by Gasteiger charge is -2.14. The Hall–Kier alpha value is -1.31. The van der Waals surface area contributed by atoms with Crippen LogP contribution in [0.1, 0.15) is 40.0 Å². The standard InChI is InChI=1S/C15H22O2/c1-4-12(2)10-13(3)11-15(16)17-14-8-6-5-7-9-14/h5-9,12-13H,4,10-11H2,1-3H3. The molecular weight excluding hydrogens is 212 g/mol. The number of hydrogen-bond acceptors (Lipinski definition) is 2. The molecule has 0 aliphatic rings. The van der Waals surface area contributed by atoms with E-state index < -0.39 is 0 Å². The molecule has 2 heteroatoms. The lowest BCUT2D eigenvalue weighted by atomic mass is 9.93. The Morgan fingerprint density at radius 1 is 1.18 bits per heavy atom. The molecule has 2 unspecified atom stereocenters. The summed E-state index contributed by atoms with van der Waals surface area (Å²) in [6.45, 7) is 6.51. The molecule has 0 aliphatic carbocycles. The quantitative estimate of drug-likeness (QED) is 0.548. The second kappa shape index (κ2) is 7.10. The molecule has 0 aliphatic heterocycles. The Morgan fingerprint density at radius 3 is 2.41 bits per heavy atom. The Morgan fingerprint density at radius 2 is 1.82 bits per heavy atom. The number of hydrogen-bond donors (Lipinski definition) is 0. The highest BCUT2D eigenvalue weighted by Crippen LogP contribution is 2.19. The van der Waals surface area contributed by atoms with Crippen molar-refractivity contribution in [2.45, 2.75) is 40.0 Å². The summed E-state index contributed by atoms with van der Waals surface area (Å²) in [5.74, 6) is 1.57. The summed E-state index contributed by atoms with van der Waals surface area (Å²) >= 11 is 0. The van der Waals surface area contributed by atoms with E-state index in [1.54, 1.807) is 12.1 Å². The summed E-state index contributed by atoms with van der Waals surface area (Å²) in [7, 11) is 0. The molecule has 0 spiro atoms. The van der Waals surface area contributed by atoms with Crippen LogP contribution in [0.25, 0.3) is 0 Å². The van der Waals surface area contributed by atoms with Crippen LogP contribution < -0.4 is 4.74 Å². The first-order valence-corrected chi connectivity index (χ1v) is 6.37. The Kier molecular flexibility index (Phi) is 5.75. The highest BCUT2D eigenvalue weighted by molar-refractivity contribution is 5.72. The zero-order valence-electron chi connectivity index (χ0n) is 11.0. The number of rotatable bonds is 6. The molecule has 0 fully saturated rings. The van der Waals surface area contributed by atoms with Gasteiger partial charge in [0, 0.05) is 6.42 Å². The predicted octanol–water partition coefficient (Wildman–Crippen LogP) is 4.05. The third-order valence-corrected chi connectivity index (χ3v) is 2.99. The Balaban J connectivity index is 2.34. The Bertz CT molecular complexity index is 332. The van der Waals surface area contributed by atoms with Crippen molar-refractivity contribution in [1.82, 2.24) is 0 Å². The molecule has 0 bridgehead atoms. The molecule has 1 aromatic rings. The summed E-state index contributed by atoms with van der Waals surface area (Å²) in [6.07, 6.45) is 2.75.